The summed E-state index contributed by atoms with van der Waals surface area (Å²) in [4.78, 5) is 41.7. The van der Waals surface area contributed by atoms with Crippen LogP contribution in [0, 0.1) is 0 Å². The van der Waals surface area contributed by atoms with Crippen molar-refractivity contribution < 1.29 is 14.4 Å². The van der Waals surface area contributed by atoms with Crippen molar-refractivity contribution in [1.82, 2.24) is 14.7 Å². The summed E-state index contributed by atoms with van der Waals surface area (Å²) in [6.07, 6.45) is 1.91. The van der Waals surface area contributed by atoms with Crippen molar-refractivity contribution in [2.24, 2.45) is 0 Å². The fourth-order valence-corrected chi connectivity index (χ4v) is 3.65. The first-order valence-corrected chi connectivity index (χ1v) is 8.35. The van der Waals surface area contributed by atoms with Gasteiger partial charge in [0.25, 0.3) is 11.8 Å². The van der Waals surface area contributed by atoms with Crippen LogP contribution in [0.4, 0.5) is 4.79 Å². The number of amides is 4. The molecule has 2 aliphatic heterocycles. The fraction of sp³-hybridized carbons (Fsp3) is 0.500. The molecule has 2 heterocycles. The summed E-state index contributed by atoms with van der Waals surface area (Å²) in [6, 6.07) is 7.39. The molecule has 128 valence electrons. The van der Waals surface area contributed by atoms with Gasteiger partial charge >= 0.3 is 6.03 Å². The molecule has 0 aromatic heterocycles. The Kier molecular flexibility index (Phi) is 4.07. The Morgan fingerprint density at radius 2 is 1.67 bits per heavy atom. The normalized spacial score (nSPS) is 20.2. The monoisotopic (exact) mass is 329 g/mol. The van der Waals surface area contributed by atoms with Gasteiger partial charge in [0.15, 0.2) is 0 Å². The topological polar surface area (TPSA) is 60.9 Å². The summed E-state index contributed by atoms with van der Waals surface area (Å²) in [5.74, 6) is -0.172. The molecule has 1 aromatic rings. The number of carbonyl (C=O) groups is 3. The maximum Gasteiger partial charge on any atom is 0.327 e. The number of hydrogen-bond acceptors (Lipinski definition) is 3. The summed E-state index contributed by atoms with van der Waals surface area (Å²) in [5.41, 5.74) is 1.08. The van der Waals surface area contributed by atoms with Gasteiger partial charge in [-0.05, 0) is 37.0 Å². The third-order valence-electron chi connectivity index (χ3n) is 5.41. The summed E-state index contributed by atoms with van der Waals surface area (Å²) in [5, 5.41) is 0. The van der Waals surface area contributed by atoms with Gasteiger partial charge in [-0.1, -0.05) is 19.1 Å². The third-order valence-corrected chi connectivity index (χ3v) is 5.41. The van der Waals surface area contributed by atoms with E-state index in [-0.39, 0.29) is 17.8 Å². The lowest BCUT2D eigenvalue weighted by atomic mass is 9.86. The molecule has 2 saturated heterocycles. The molecule has 0 bridgehead atoms. The Labute approximate surface area is 142 Å². The number of piperidine rings is 1. The minimum absolute atomic E-state index is 0.0136. The Morgan fingerprint density at radius 3 is 2.12 bits per heavy atom. The molecule has 2 aliphatic rings. The fourth-order valence-electron chi connectivity index (χ4n) is 3.65. The van der Waals surface area contributed by atoms with Gasteiger partial charge in [0.1, 0.15) is 5.54 Å². The molecule has 0 radical (unpaired) electrons. The van der Waals surface area contributed by atoms with Crippen molar-refractivity contribution in [3.05, 3.63) is 35.4 Å². The molecular weight excluding hydrogens is 306 g/mol. The van der Waals surface area contributed by atoms with E-state index in [4.69, 9.17) is 0 Å². The van der Waals surface area contributed by atoms with E-state index in [0.29, 0.717) is 31.5 Å². The van der Waals surface area contributed by atoms with E-state index in [1.807, 2.05) is 24.3 Å². The Bertz CT molecular complexity index is 675. The number of imide groups is 1. The van der Waals surface area contributed by atoms with E-state index in [2.05, 4.69) is 6.92 Å². The summed E-state index contributed by atoms with van der Waals surface area (Å²) < 4.78 is 0. The predicted molar refractivity (Wildman–Crippen MR) is 89.6 cm³/mol. The van der Waals surface area contributed by atoms with Gasteiger partial charge in [0.2, 0.25) is 0 Å². The molecule has 0 N–H and O–H groups in total. The number of hydrogen-bond donors (Lipinski definition) is 0. The lowest BCUT2D eigenvalue weighted by Crippen LogP contribution is -2.56. The van der Waals surface area contributed by atoms with Gasteiger partial charge in [0.05, 0.1) is 0 Å². The molecule has 0 unspecified atom stereocenters. The zero-order valence-electron chi connectivity index (χ0n) is 14.4. The highest BCUT2D eigenvalue weighted by molar-refractivity contribution is 6.06. The quantitative estimate of drug-likeness (QED) is 0.777. The van der Waals surface area contributed by atoms with Crippen LogP contribution in [0.3, 0.4) is 0 Å². The van der Waals surface area contributed by atoms with Crippen LogP contribution >= 0.6 is 0 Å². The SMILES string of the molecule is CCc1ccc(C(=O)N2CCC3(CC2)C(=O)N(C)C(=O)N3C)cc1. The maximum absolute atomic E-state index is 12.6. The average molecular weight is 329 g/mol. The molecule has 24 heavy (non-hydrogen) atoms. The molecule has 0 saturated carbocycles. The number of aryl methyl sites for hydroxylation is 1. The molecule has 4 amide bonds. The highest BCUT2D eigenvalue weighted by Gasteiger charge is 2.55. The highest BCUT2D eigenvalue weighted by atomic mass is 16.2. The van der Waals surface area contributed by atoms with E-state index in [1.54, 1.807) is 11.9 Å². The third kappa shape index (κ3) is 2.37. The molecule has 6 heteroatoms. The van der Waals surface area contributed by atoms with Crippen LogP contribution in [0.25, 0.3) is 0 Å². The standard InChI is InChI=1S/C18H23N3O3/c1-4-13-5-7-14(8-6-13)15(22)21-11-9-18(10-12-21)16(23)19(2)17(24)20(18)3/h5-8H,4,9-12H2,1-3H3. The molecule has 3 rings (SSSR count). The van der Waals surface area contributed by atoms with Crippen LogP contribution in [0.5, 0.6) is 0 Å². The molecule has 1 spiro atoms. The van der Waals surface area contributed by atoms with Crippen molar-refractivity contribution in [3.63, 3.8) is 0 Å². The molecule has 2 fully saturated rings. The van der Waals surface area contributed by atoms with Crippen molar-refractivity contribution in [2.75, 3.05) is 27.2 Å². The van der Waals surface area contributed by atoms with E-state index in [1.165, 1.54) is 22.4 Å². The zero-order valence-corrected chi connectivity index (χ0v) is 14.4. The number of likely N-dealkylation sites (N-methyl/N-ethyl adjacent to an activating group) is 2. The van der Waals surface area contributed by atoms with Crippen molar-refractivity contribution in [2.45, 2.75) is 31.7 Å². The van der Waals surface area contributed by atoms with Crippen LogP contribution < -0.4 is 0 Å². The van der Waals surface area contributed by atoms with Crippen LogP contribution in [-0.2, 0) is 11.2 Å². The Hall–Kier alpha value is -2.37. The van der Waals surface area contributed by atoms with Gasteiger partial charge in [-0.2, -0.15) is 0 Å². The summed E-state index contributed by atoms with van der Waals surface area (Å²) in [6.45, 7) is 3.03. The van der Waals surface area contributed by atoms with E-state index < -0.39 is 5.54 Å². The highest BCUT2D eigenvalue weighted by Crippen LogP contribution is 2.35. The first-order chi connectivity index (χ1) is 11.4. The van der Waals surface area contributed by atoms with Gasteiger partial charge in [-0.3, -0.25) is 14.5 Å². The lowest BCUT2D eigenvalue weighted by molar-refractivity contribution is -0.134. The maximum atomic E-state index is 12.6. The number of rotatable bonds is 2. The number of nitrogens with zero attached hydrogens (tertiary/aromatic N) is 3. The van der Waals surface area contributed by atoms with Crippen LogP contribution in [0.2, 0.25) is 0 Å². The second-order valence-electron chi connectivity index (χ2n) is 6.58. The lowest BCUT2D eigenvalue weighted by Gasteiger charge is -2.40. The van der Waals surface area contributed by atoms with E-state index in [0.717, 1.165) is 6.42 Å². The number of urea groups is 1. The molecule has 0 atom stereocenters. The minimum atomic E-state index is -0.783. The van der Waals surface area contributed by atoms with Crippen LogP contribution in [0.15, 0.2) is 24.3 Å². The first-order valence-electron chi connectivity index (χ1n) is 8.35. The molecule has 0 aliphatic carbocycles. The summed E-state index contributed by atoms with van der Waals surface area (Å²) >= 11 is 0. The predicted octanol–water partition coefficient (Wildman–Crippen LogP) is 1.75. The van der Waals surface area contributed by atoms with E-state index in [9.17, 15) is 14.4 Å². The van der Waals surface area contributed by atoms with Gasteiger partial charge in [-0.25, -0.2) is 4.79 Å². The number of benzene rings is 1. The van der Waals surface area contributed by atoms with Crippen molar-refractivity contribution >= 4 is 17.8 Å². The van der Waals surface area contributed by atoms with Gasteiger partial charge in [0, 0.05) is 32.7 Å². The first kappa shape index (κ1) is 16.5. The Balaban J connectivity index is 1.71. The average Bonchev–Trinajstić information content (AvgIpc) is 2.78. The number of likely N-dealkylation sites (tertiary alicyclic amines) is 1. The van der Waals surface area contributed by atoms with Gasteiger partial charge < -0.3 is 9.80 Å². The zero-order chi connectivity index (χ0) is 17.5. The molecule has 1 aromatic carbocycles. The van der Waals surface area contributed by atoms with Crippen LogP contribution in [-0.4, -0.2) is 65.3 Å². The van der Waals surface area contributed by atoms with E-state index >= 15 is 0 Å². The minimum Gasteiger partial charge on any atom is -0.338 e. The second kappa shape index (κ2) is 5.92. The Morgan fingerprint density at radius 1 is 1.08 bits per heavy atom. The number of carbonyl (C=O) groups excluding carboxylic acids is 3. The van der Waals surface area contributed by atoms with Crippen molar-refractivity contribution in [3.8, 4) is 0 Å². The van der Waals surface area contributed by atoms with Crippen LogP contribution in [0.1, 0.15) is 35.7 Å². The smallest absolute Gasteiger partial charge is 0.327 e. The van der Waals surface area contributed by atoms with Crippen molar-refractivity contribution in [1.29, 1.82) is 0 Å². The molecular formula is C18H23N3O3. The summed E-state index contributed by atoms with van der Waals surface area (Å²) in [7, 11) is 3.19. The van der Waals surface area contributed by atoms with Gasteiger partial charge in [-0.15, -0.1) is 0 Å². The molecule has 6 nitrogen and oxygen atoms in total. The largest absolute Gasteiger partial charge is 0.338 e. The second-order valence-corrected chi connectivity index (χ2v) is 6.58.